The Hall–Kier alpha value is -2.15. The predicted octanol–water partition coefficient (Wildman–Crippen LogP) is 6.91. The van der Waals surface area contributed by atoms with E-state index in [0.29, 0.717) is 10.8 Å². The van der Waals surface area contributed by atoms with E-state index in [0.717, 1.165) is 22.1 Å². The van der Waals surface area contributed by atoms with Crippen LogP contribution in [0, 0.1) is 19.7 Å². The van der Waals surface area contributed by atoms with Crippen molar-refractivity contribution in [3.8, 4) is 22.5 Å². The van der Waals surface area contributed by atoms with Crippen LogP contribution in [0.15, 0.2) is 53.0 Å². The lowest BCUT2D eigenvalue weighted by molar-refractivity contribution is 0.627. The number of benzene rings is 2. The van der Waals surface area contributed by atoms with Gasteiger partial charge in [-0.15, -0.1) is 21.5 Å². The highest BCUT2D eigenvalue weighted by atomic mass is 35.5. The summed E-state index contributed by atoms with van der Waals surface area (Å²) in [5.41, 5.74) is 5.57. The van der Waals surface area contributed by atoms with Gasteiger partial charge in [0.15, 0.2) is 11.0 Å². The smallest absolute Gasteiger partial charge is 0.191 e. The van der Waals surface area contributed by atoms with Crippen molar-refractivity contribution in [1.29, 1.82) is 0 Å². The lowest BCUT2D eigenvalue weighted by Gasteiger charge is -2.08. The zero-order valence-electron chi connectivity index (χ0n) is 16.2. The number of hydrogen-bond acceptors (Lipinski definition) is 4. The van der Waals surface area contributed by atoms with E-state index in [1.807, 2.05) is 11.6 Å². The maximum absolute atomic E-state index is 13.3. The van der Waals surface area contributed by atoms with Crippen LogP contribution in [0.3, 0.4) is 0 Å². The normalized spacial score (nSPS) is 11.2. The number of nitrogens with zero attached hydrogens (tertiary/aromatic N) is 3. The molecule has 0 radical (unpaired) electrons. The van der Waals surface area contributed by atoms with Crippen molar-refractivity contribution >= 4 is 34.7 Å². The molecule has 4 rings (SSSR count). The molecular weight excluding hydrogens is 425 g/mol. The van der Waals surface area contributed by atoms with Gasteiger partial charge in [-0.2, -0.15) is 0 Å². The van der Waals surface area contributed by atoms with E-state index in [-0.39, 0.29) is 5.82 Å². The molecule has 0 aliphatic carbocycles. The van der Waals surface area contributed by atoms with Crippen LogP contribution in [0.4, 0.5) is 4.39 Å². The largest absolute Gasteiger partial charge is 0.305 e. The van der Waals surface area contributed by atoms with Crippen LogP contribution < -0.4 is 0 Å². The van der Waals surface area contributed by atoms with Gasteiger partial charge in [-0.25, -0.2) is 4.39 Å². The van der Waals surface area contributed by atoms with Crippen LogP contribution in [0.5, 0.6) is 0 Å². The molecule has 0 aliphatic heterocycles. The molecule has 0 atom stereocenters. The van der Waals surface area contributed by atoms with Crippen LogP contribution in [0.1, 0.15) is 16.0 Å². The first-order valence-corrected chi connectivity index (χ1v) is 11.3. The maximum Gasteiger partial charge on any atom is 0.191 e. The standard InChI is InChI=1S/C22H19ClFN3S2/c1-13-4-6-15(7-5-13)20-14(2)28-12-18(20)21-25-26-22(27(21)3)29-11-16-8-9-17(24)10-19(16)23/h4-10,12H,11H2,1-3H3. The Morgan fingerprint density at radius 2 is 1.86 bits per heavy atom. The molecule has 0 unspecified atom stereocenters. The Balaban J connectivity index is 1.63. The summed E-state index contributed by atoms with van der Waals surface area (Å²) in [7, 11) is 1.97. The summed E-state index contributed by atoms with van der Waals surface area (Å²) in [4.78, 5) is 1.25. The zero-order valence-corrected chi connectivity index (χ0v) is 18.6. The van der Waals surface area contributed by atoms with Gasteiger partial charge < -0.3 is 4.57 Å². The number of thioether (sulfide) groups is 1. The number of aryl methyl sites for hydroxylation is 2. The molecule has 7 heteroatoms. The first-order chi connectivity index (χ1) is 13.9. The van der Waals surface area contributed by atoms with E-state index in [9.17, 15) is 4.39 Å². The summed E-state index contributed by atoms with van der Waals surface area (Å²) < 4.78 is 15.3. The minimum absolute atomic E-state index is 0.332. The first kappa shape index (κ1) is 20.1. The monoisotopic (exact) mass is 443 g/mol. The fourth-order valence-electron chi connectivity index (χ4n) is 3.15. The Morgan fingerprint density at radius 1 is 1.10 bits per heavy atom. The molecule has 4 aromatic rings. The highest BCUT2D eigenvalue weighted by Crippen LogP contribution is 2.39. The topological polar surface area (TPSA) is 30.7 Å². The van der Waals surface area contributed by atoms with Gasteiger partial charge in [-0.05, 0) is 37.1 Å². The summed E-state index contributed by atoms with van der Waals surface area (Å²) in [6, 6.07) is 13.0. The van der Waals surface area contributed by atoms with E-state index in [1.165, 1.54) is 45.5 Å². The van der Waals surface area contributed by atoms with Gasteiger partial charge in [0, 0.05) is 39.2 Å². The predicted molar refractivity (Wildman–Crippen MR) is 120 cm³/mol. The van der Waals surface area contributed by atoms with Crippen LogP contribution >= 0.6 is 34.7 Å². The van der Waals surface area contributed by atoms with Crippen molar-refractivity contribution < 1.29 is 4.39 Å². The van der Waals surface area contributed by atoms with Gasteiger partial charge in [-0.3, -0.25) is 0 Å². The highest BCUT2D eigenvalue weighted by molar-refractivity contribution is 7.98. The molecule has 3 nitrogen and oxygen atoms in total. The Morgan fingerprint density at radius 3 is 2.59 bits per heavy atom. The molecule has 148 valence electrons. The summed E-state index contributed by atoms with van der Waals surface area (Å²) in [6.45, 7) is 4.22. The van der Waals surface area contributed by atoms with Crippen molar-refractivity contribution in [1.82, 2.24) is 14.8 Å². The number of rotatable bonds is 5. The van der Waals surface area contributed by atoms with Gasteiger partial charge in [0.2, 0.25) is 0 Å². The van der Waals surface area contributed by atoms with Crippen molar-refractivity contribution in [3.05, 3.63) is 74.7 Å². The average molecular weight is 444 g/mol. The second-order valence-corrected chi connectivity index (χ2v) is 9.27. The first-order valence-electron chi connectivity index (χ1n) is 9.05. The van der Waals surface area contributed by atoms with E-state index >= 15 is 0 Å². The molecule has 0 aliphatic rings. The van der Waals surface area contributed by atoms with Crippen molar-refractivity contribution in [3.63, 3.8) is 0 Å². The molecule has 0 bridgehead atoms. The molecule has 0 saturated carbocycles. The summed E-state index contributed by atoms with van der Waals surface area (Å²) >= 11 is 9.39. The van der Waals surface area contributed by atoms with Crippen molar-refractivity contribution in [2.24, 2.45) is 7.05 Å². The fraction of sp³-hybridized carbons (Fsp3) is 0.182. The van der Waals surface area contributed by atoms with Crippen LogP contribution in [0.25, 0.3) is 22.5 Å². The van der Waals surface area contributed by atoms with Crippen molar-refractivity contribution in [2.75, 3.05) is 0 Å². The summed E-state index contributed by atoms with van der Waals surface area (Å²) in [5.74, 6) is 1.09. The second-order valence-electron chi connectivity index (χ2n) is 6.84. The third-order valence-corrected chi connectivity index (χ3v) is 7.10. The van der Waals surface area contributed by atoms with E-state index in [4.69, 9.17) is 11.6 Å². The molecule has 2 aromatic heterocycles. The Labute approximate surface area is 182 Å². The van der Waals surface area contributed by atoms with Gasteiger partial charge in [0.1, 0.15) is 5.82 Å². The minimum atomic E-state index is -0.332. The molecule has 29 heavy (non-hydrogen) atoms. The zero-order chi connectivity index (χ0) is 20.5. The van der Waals surface area contributed by atoms with E-state index in [2.05, 4.69) is 53.7 Å². The Bertz CT molecular complexity index is 1170. The van der Waals surface area contributed by atoms with Gasteiger partial charge in [0.25, 0.3) is 0 Å². The lowest BCUT2D eigenvalue weighted by atomic mass is 10.0. The molecule has 0 fully saturated rings. The van der Waals surface area contributed by atoms with Gasteiger partial charge in [0.05, 0.1) is 0 Å². The second kappa shape index (κ2) is 8.30. The maximum atomic E-state index is 13.3. The van der Waals surface area contributed by atoms with Crippen molar-refractivity contribution in [2.45, 2.75) is 24.8 Å². The number of aromatic nitrogens is 3. The third-order valence-electron chi connectivity index (χ3n) is 4.76. The van der Waals surface area contributed by atoms with Gasteiger partial charge >= 0.3 is 0 Å². The summed E-state index contributed by atoms with van der Waals surface area (Å²) in [6.07, 6.45) is 0. The van der Waals surface area contributed by atoms with Crippen LogP contribution in [-0.4, -0.2) is 14.8 Å². The molecule has 0 spiro atoms. The minimum Gasteiger partial charge on any atom is -0.305 e. The Kier molecular flexibility index (Phi) is 5.76. The average Bonchev–Trinajstić information content (AvgIpc) is 3.24. The number of thiophene rings is 1. The molecule has 2 heterocycles. The van der Waals surface area contributed by atoms with Gasteiger partial charge in [-0.1, -0.05) is 59.3 Å². The third kappa shape index (κ3) is 4.10. The molecule has 0 amide bonds. The van der Waals surface area contributed by atoms with E-state index in [1.54, 1.807) is 17.4 Å². The molecule has 0 saturated heterocycles. The summed E-state index contributed by atoms with van der Waals surface area (Å²) in [5, 5.41) is 12.2. The van der Waals surface area contributed by atoms with Crippen LogP contribution in [-0.2, 0) is 12.8 Å². The fourth-order valence-corrected chi connectivity index (χ4v) is 5.25. The SMILES string of the molecule is Cc1ccc(-c2c(-c3nnc(SCc4ccc(F)cc4Cl)n3C)csc2C)cc1. The lowest BCUT2D eigenvalue weighted by Crippen LogP contribution is -1.96. The molecule has 0 N–H and O–H groups in total. The van der Waals surface area contributed by atoms with Crippen LogP contribution in [0.2, 0.25) is 5.02 Å². The quantitative estimate of drug-likeness (QED) is 0.314. The number of halogens is 2. The van der Waals surface area contributed by atoms with E-state index < -0.39 is 0 Å². The highest BCUT2D eigenvalue weighted by Gasteiger charge is 2.19. The molecule has 2 aromatic carbocycles. The number of hydrogen-bond donors (Lipinski definition) is 0. The molecular formula is C22H19ClFN3S2.